The molecule has 4 bridgehead atoms. The van der Waals surface area contributed by atoms with Gasteiger partial charge in [-0.2, -0.15) is 5.10 Å². The van der Waals surface area contributed by atoms with Gasteiger partial charge in [-0.1, -0.05) is 0 Å². The van der Waals surface area contributed by atoms with Crippen LogP contribution < -0.4 is 20.2 Å². The Labute approximate surface area is 153 Å². The largest absolute Gasteiger partial charge is 0.454 e. The van der Waals surface area contributed by atoms with Crippen molar-refractivity contribution in [3.8, 4) is 11.5 Å². The molecule has 4 fully saturated rings. The maximum Gasteiger partial charge on any atom is 0.231 e. The van der Waals surface area contributed by atoms with Crippen LogP contribution in [0, 0.1) is 17.8 Å². The van der Waals surface area contributed by atoms with Gasteiger partial charge in [-0.3, -0.25) is 5.43 Å². The predicted molar refractivity (Wildman–Crippen MR) is 99.9 cm³/mol. The van der Waals surface area contributed by atoms with Crippen molar-refractivity contribution in [2.45, 2.75) is 44.1 Å². The minimum absolute atomic E-state index is 0.215. The first-order valence-electron chi connectivity index (χ1n) is 9.18. The second kappa shape index (κ2) is 5.87. The van der Waals surface area contributed by atoms with E-state index in [1.54, 1.807) is 6.21 Å². The minimum atomic E-state index is 0.215. The number of nitrogens with zero attached hydrogens (tertiary/aromatic N) is 1. The average Bonchev–Trinajstić information content (AvgIpc) is 3.00. The molecule has 6 rings (SSSR count). The molecule has 1 aromatic carbocycles. The van der Waals surface area contributed by atoms with Crippen molar-refractivity contribution in [3.05, 3.63) is 23.8 Å². The SMILES string of the molecule is S=C(N/N=C/c1ccc2c(c1)OCO2)NC12CC3CC(CC(C3)C1)C2. The summed E-state index contributed by atoms with van der Waals surface area (Å²) in [5, 5.41) is 8.54. The fourth-order valence-corrected chi connectivity index (χ4v) is 5.96. The molecular formula is C19H23N3O2S. The van der Waals surface area contributed by atoms with Crippen molar-refractivity contribution in [3.63, 3.8) is 0 Å². The molecule has 0 atom stereocenters. The maximum atomic E-state index is 5.50. The van der Waals surface area contributed by atoms with E-state index in [0.29, 0.717) is 5.11 Å². The normalized spacial score (nSPS) is 34.5. The van der Waals surface area contributed by atoms with Gasteiger partial charge < -0.3 is 14.8 Å². The van der Waals surface area contributed by atoms with Gasteiger partial charge in [0.05, 0.1) is 6.21 Å². The van der Waals surface area contributed by atoms with Crippen LogP contribution in [-0.4, -0.2) is 23.7 Å². The summed E-state index contributed by atoms with van der Waals surface area (Å²) in [6, 6.07) is 5.77. The summed E-state index contributed by atoms with van der Waals surface area (Å²) in [5.41, 5.74) is 4.16. The minimum Gasteiger partial charge on any atom is -0.454 e. The Morgan fingerprint density at radius 1 is 1.08 bits per heavy atom. The van der Waals surface area contributed by atoms with Gasteiger partial charge in [0.2, 0.25) is 6.79 Å². The Bertz CT molecular complexity index is 698. The molecule has 1 aromatic rings. The Balaban J connectivity index is 1.20. The fourth-order valence-electron chi connectivity index (χ4n) is 5.69. The first kappa shape index (κ1) is 15.4. The van der Waals surface area contributed by atoms with E-state index in [2.05, 4.69) is 15.8 Å². The van der Waals surface area contributed by atoms with Crippen LogP contribution in [0.1, 0.15) is 44.1 Å². The summed E-state index contributed by atoms with van der Waals surface area (Å²) in [4.78, 5) is 0. The lowest BCUT2D eigenvalue weighted by molar-refractivity contribution is -0.0101. The number of nitrogens with one attached hydrogen (secondary N) is 2. The maximum absolute atomic E-state index is 5.50. The number of hydrogen-bond donors (Lipinski definition) is 2. The fraction of sp³-hybridized carbons (Fsp3) is 0.579. The Kier molecular flexibility index (Phi) is 3.62. The number of benzene rings is 1. The van der Waals surface area contributed by atoms with Crippen molar-refractivity contribution in [2.24, 2.45) is 22.9 Å². The summed E-state index contributed by atoms with van der Waals surface area (Å²) < 4.78 is 10.7. The molecule has 4 saturated carbocycles. The van der Waals surface area contributed by atoms with E-state index >= 15 is 0 Å². The van der Waals surface area contributed by atoms with Crippen molar-refractivity contribution < 1.29 is 9.47 Å². The highest BCUT2D eigenvalue weighted by molar-refractivity contribution is 7.80. The van der Waals surface area contributed by atoms with E-state index in [0.717, 1.165) is 34.8 Å². The van der Waals surface area contributed by atoms with E-state index in [9.17, 15) is 0 Å². The highest BCUT2D eigenvalue weighted by Gasteiger charge is 2.51. The summed E-state index contributed by atoms with van der Waals surface area (Å²) in [7, 11) is 0. The van der Waals surface area contributed by atoms with E-state index in [1.807, 2.05) is 18.2 Å². The van der Waals surface area contributed by atoms with Gasteiger partial charge in [-0.25, -0.2) is 0 Å². The van der Waals surface area contributed by atoms with Crippen molar-refractivity contribution in [2.75, 3.05) is 6.79 Å². The van der Waals surface area contributed by atoms with Gasteiger partial charge in [0.25, 0.3) is 0 Å². The molecule has 5 aliphatic rings. The first-order chi connectivity index (χ1) is 12.2. The lowest BCUT2D eigenvalue weighted by Gasteiger charge is -2.57. The molecule has 2 N–H and O–H groups in total. The molecule has 4 aliphatic carbocycles. The Morgan fingerprint density at radius 3 is 2.48 bits per heavy atom. The van der Waals surface area contributed by atoms with Gasteiger partial charge in [-0.15, -0.1) is 0 Å². The second-order valence-electron chi connectivity index (χ2n) is 8.13. The van der Waals surface area contributed by atoms with Crippen LogP contribution in [-0.2, 0) is 0 Å². The van der Waals surface area contributed by atoms with Gasteiger partial charge in [-0.05, 0) is 92.3 Å². The zero-order valence-corrected chi connectivity index (χ0v) is 15.0. The van der Waals surface area contributed by atoms with Gasteiger partial charge >= 0.3 is 0 Å². The Hall–Kier alpha value is -1.82. The molecular weight excluding hydrogens is 334 g/mol. The number of ether oxygens (including phenoxy) is 2. The highest BCUT2D eigenvalue weighted by atomic mass is 32.1. The van der Waals surface area contributed by atoms with Gasteiger partial charge in [0.1, 0.15) is 0 Å². The molecule has 5 nitrogen and oxygen atoms in total. The number of thiocarbonyl (C=S) groups is 1. The topological polar surface area (TPSA) is 54.9 Å². The third-order valence-electron chi connectivity index (χ3n) is 6.19. The summed E-state index contributed by atoms with van der Waals surface area (Å²) in [6.07, 6.45) is 9.87. The summed E-state index contributed by atoms with van der Waals surface area (Å²) >= 11 is 5.50. The molecule has 0 amide bonds. The van der Waals surface area contributed by atoms with E-state index in [1.165, 1.54) is 38.5 Å². The van der Waals surface area contributed by atoms with Crippen molar-refractivity contribution in [1.29, 1.82) is 0 Å². The molecule has 0 unspecified atom stereocenters. The number of rotatable bonds is 3. The van der Waals surface area contributed by atoms with Crippen LogP contribution in [0.2, 0.25) is 0 Å². The van der Waals surface area contributed by atoms with Crippen LogP contribution in [0.5, 0.6) is 11.5 Å². The second-order valence-corrected chi connectivity index (χ2v) is 8.54. The quantitative estimate of drug-likeness (QED) is 0.494. The molecule has 1 aliphatic heterocycles. The molecule has 0 aromatic heterocycles. The number of fused-ring (bicyclic) bond motifs is 1. The van der Waals surface area contributed by atoms with Crippen LogP contribution in [0.4, 0.5) is 0 Å². The zero-order valence-electron chi connectivity index (χ0n) is 14.2. The molecule has 0 radical (unpaired) electrons. The molecule has 132 valence electrons. The van der Waals surface area contributed by atoms with Crippen LogP contribution in [0.25, 0.3) is 0 Å². The highest BCUT2D eigenvalue weighted by Crippen LogP contribution is 2.55. The molecule has 1 heterocycles. The zero-order chi connectivity index (χ0) is 16.9. The third-order valence-corrected chi connectivity index (χ3v) is 6.39. The van der Waals surface area contributed by atoms with Crippen LogP contribution >= 0.6 is 12.2 Å². The lowest BCUT2D eigenvalue weighted by atomic mass is 9.53. The monoisotopic (exact) mass is 357 g/mol. The predicted octanol–water partition coefficient (Wildman–Crippen LogP) is 3.18. The smallest absolute Gasteiger partial charge is 0.231 e. The Morgan fingerprint density at radius 2 is 1.76 bits per heavy atom. The average molecular weight is 357 g/mol. The van der Waals surface area contributed by atoms with E-state index < -0.39 is 0 Å². The van der Waals surface area contributed by atoms with E-state index in [-0.39, 0.29) is 12.3 Å². The molecule has 25 heavy (non-hydrogen) atoms. The third kappa shape index (κ3) is 2.97. The van der Waals surface area contributed by atoms with E-state index in [4.69, 9.17) is 21.7 Å². The van der Waals surface area contributed by atoms with Gasteiger partial charge in [0, 0.05) is 5.54 Å². The number of hydrogen-bond acceptors (Lipinski definition) is 4. The van der Waals surface area contributed by atoms with Crippen LogP contribution in [0.15, 0.2) is 23.3 Å². The summed E-state index contributed by atoms with van der Waals surface area (Å²) in [5.74, 6) is 4.25. The van der Waals surface area contributed by atoms with Crippen molar-refractivity contribution >= 4 is 23.5 Å². The van der Waals surface area contributed by atoms with Crippen molar-refractivity contribution in [1.82, 2.24) is 10.7 Å². The lowest BCUT2D eigenvalue weighted by Crippen LogP contribution is -2.61. The standard InChI is InChI=1S/C19H23N3O2S/c25-18(21-19-7-13-3-14(8-19)5-15(4-13)9-19)22-20-10-12-1-2-16-17(6-12)24-11-23-16/h1-2,6,10,13-15H,3-5,7-9,11H2,(H2,21,22,25)/b20-10+. The summed E-state index contributed by atoms with van der Waals surface area (Å²) in [6.45, 7) is 0.285. The number of hydrazone groups is 1. The van der Waals surface area contributed by atoms with Crippen LogP contribution in [0.3, 0.4) is 0 Å². The molecule has 6 heteroatoms. The molecule has 0 spiro atoms. The molecule has 0 saturated heterocycles. The van der Waals surface area contributed by atoms with Gasteiger partial charge in [0.15, 0.2) is 16.6 Å². The first-order valence-corrected chi connectivity index (χ1v) is 9.59.